The van der Waals surface area contributed by atoms with Gasteiger partial charge in [0.15, 0.2) is 5.82 Å². The van der Waals surface area contributed by atoms with Crippen LogP contribution in [0.1, 0.15) is 36.2 Å². The van der Waals surface area contributed by atoms with E-state index in [9.17, 15) is 5.11 Å². The molecule has 0 unspecified atom stereocenters. The van der Waals surface area contributed by atoms with E-state index in [2.05, 4.69) is 41.0 Å². The van der Waals surface area contributed by atoms with Crippen LogP contribution in [0.3, 0.4) is 0 Å². The maximum Gasteiger partial charge on any atom is 0.161 e. The second-order valence-electron chi connectivity index (χ2n) is 10.1. The molecule has 1 fully saturated rings. The predicted molar refractivity (Wildman–Crippen MR) is 148 cm³/mol. The molecule has 7 nitrogen and oxygen atoms in total. The van der Waals surface area contributed by atoms with Crippen LogP contribution >= 0.6 is 0 Å². The third kappa shape index (κ3) is 7.58. The van der Waals surface area contributed by atoms with E-state index in [4.69, 9.17) is 19.4 Å². The van der Waals surface area contributed by atoms with E-state index < -0.39 is 6.10 Å². The quantitative estimate of drug-likeness (QED) is 0.422. The number of aromatic nitrogens is 2. The molecule has 37 heavy (non-hydrogen) atoms. The van der Waals surface area contributed by atoms with Crippen molar-refractivity contribution < 1.29 is 14.6 Å². The van der Waals surface area contributed by atoms with Gasteiger partial charge < -0.3 is 19.5 Å². The maximum atomic E-state index is 10.4. The molecule has 1 atom stereocenters. The standard InChI is InChI=1S/C30H40N4O3/c1-22(2)37-20-26(35)19-33-14-16-34(17-15-33)30-27(18-24-12-10-23(3)11-13-24)28(21-36-4)31-29(32-30)25-8-6-5-7-9-25/h5-13,22,26,35H,14-21H2,1-4H3/t26-/m0/s1. The highest BCUT2D eigenvalue weighted by Crippen LogP contribution is 2.29. The summed E-state index contributed by atoms with van der Waals surface area (Å²) in [6.45, 7) is 10.9. The summed E-state index contributed by atoms with van der Waals surface area (Å²) in [6, 6.07) is 18.8. The third-order valence-corrected chi connectivity index (χ3v) is 6.65. The lowest BCUT2D eigenvalue weighted by Gasteiger charge is -2.37. The number of aliphatic hydroxyl groups is 1. The highest BCUT2D eigenvalue weighted by molar-refractivity contribution is 5.61. The van der Waals surface area contributed by atoms with Gasteiger partial charge in [-0.3, -0.25) is 4.90 Å². The first kappa shape index (κ1) is 27.2. The molecular weight excluding hydrogens is 464 g/mol. The van der Waals surface area contributed by atoms with Crippen molar-refractivity contribution in [2.24, 2.45) is 0 Å². The number of ether oxygens (including phenoxy) is 2. The van der Waals surface area contributed by atoms with Crippen LogP contribution in [0.15, 0.2) is 54.6 Å². The fourth-order valence-electron chi connectivity index (χ4n) is 4.64. The van der Waals surface area contributed by atoms with E-state index in [0.717, 1.165) is 61.1 Å². The first-order valence-electron chi connectivity index (χ1n) is 13.2. The number of benzene rings is 2. The van der Waals surface area contributed by atoms with Crippen LogP contribution in [-0.4, -0.2) is 78.6 Å². The molecule has 4 rings (SSSR count). The first-order valence-corrected chi connectivity index (χ1v) is 13.2. The lowest BCUT2D eigenvalue weighted by molar-refractivity contribution is -0.00901. The third-order valence-electron chi connectivity index (χ3n) is 6.65. The van der Waals surface area contributed by atoms with Gasteiger partial charge in [0.05, 0.1) is 31.1 Å². The van der Waals surface area contributed by atoms with Gasteiger partial charge in [-0.2, -0.15) is 0 Å². The lowest BCUT2D eigenvalue weighted by Crippen LogP contribution is -2.49. The normalized spacial score (nSPS) is 15.4. The molecule has 1 aliphatic heterocycles. The van der Waals surface area contributed by atoms with Crippen LogP contribution in [-0.2, 0) is 22.5 Å². The summed E-state index contributed by atoms with van der Waals surface area (Å²) in [7, 11) is 1.71. The lowest BCUT2D eigenvalue weighted by atomic mass is 10.0. The van der Waals surface area contributed by atoms with Gasteiger partial charge in [0.25, 0.3) is 0 Å². The van der Waals surface area contributed by atoms with Crippen LogP contribution in [0, 0.1) is 6.92 Å². The monoisotopic (exact) mass is 504 g/mol. The molecule has 0 radical (unpaired) electrons. The van der Waals surface area contributed by atoms with Crippen molar-refractivity contribution in [3.63, 3.8) is 0 Å². The summed E-state index contributed by atoms with van der Waals surface area (Å²) >= 11 is 0. The molecule has 1 N–H and O–H groups in total. The van der Waals surface area contributed by atoms with Crippen LogP contribution in [0.25, 0.3) is 11.4 Å². The number of methoxy groups -OCH3 is 1. The Balaban J connectivity index is 1.61. The maximum absolute atomic E-state index is 10.4. The fraction of sp³-hybridized carbons (Fsp3) is 0.467. The Morgan fingerprint density at radius 2 is 1.65 bits per heavy atom. The molecule has 1 aromatic heterocycles. The number of aliphatic hydroxyl groups excluding tert-OH is 1. The molecule has 1 saturated heterocycles. The summed E-state index contributed by atoms with van der Waals surface area (Å²) in [6.07, 6.45) is 0.383. The number of piperazine rings is 1. The average Bonchev–Trinajstić information content (AvgIpc) is 2.90. The van der Waals surface area contributed by atoms with Crippen LogP contribution in [0.5, 0.6) is 0 Å². The molecule has 1 aliphatic rings. The molecule has 2 aromatic carbocycles. The van der Waals surface area contributed by atoms with Crippen molar-refractivity contribution in [2.75, 3.05) is 51.3 Å². The molecule has 0 spiro atoms. The van der Waals surface area contributed by atoms with Crippen LogP contribution in [0.2, 0.25) is 0 Å². The van der Waals surface area contributed by atoms with E-state index in [1.807, 2.05) is 44.2 Å². The van der Waals surface area contributed by atoms with Crippen molar-refractivity contribution >= 4 is 5.82 Å². The molecule has 0 bridgehead atoms. The van der Waals surface area contributed by atoms with Gasteiger partial charge in [-0.1, -0.05) is 60.2 Å². The van der Waals surface area contributed by atoms with Crippen molar-refractivity contribution in [1.29, 1.82) is 0 Å². The van der Waals surface area contributed by atoms with Crippen LogP contribution in [0.4, 0.5) is 5.82 Å². The first-order chi connectivity index (χ1) is 17.9. The topological polar surface area (TPSA) is 71.0 Å². The smallest absolute Gasteiger partial charge is 0.161 e. The van der Waals surface area contributed by atoms with Gasteiger partial charge in [0.2, 0.25) is 0 Å². The zero-order valence-electron chi connectivity index (χ0n) is 22.6. The Morgan fingerprint density at radius 3 is 2.30 bits per heavy atom. The van der Waals surface area contributed by atoms with Gasteiger partial charge in [-0.15, -0.1) is 0 Å². The van der Waals surface area contributed by atoms with Gasteiger partial charge in [-0.05, 0) is 26.3 Å². The van der Waals surface area contributed by atoms with Crippen molar-refractivity contribution in [2.45, 2.75) is 46.0 Å². The number of anilines is 1. The fourth-order valence-corrected chi connectivity index (χ4v) is 4.64. The Bertz CT molecular complexity index is 1110. The zero-order chi connectivity index (χ0) is 26.2. The number of hydrogen-bond acceptors (Lipinski definition) is 7. The minimum absolute atomic E-state index is 0.122. The SMILES string of the molecule is COCc1nc(-c2ccccc2)nc(N2CCN(C[C@H](O)COC(C)C)CC2)c1Cc1ccc(C)cc1. The van der Waals surface area contributed by atoms with Crippen molar-refractivity contribution in [3.8, 4) is 11.4 Å². The van der Waals surface area contributed by atoms with Crippen molar-refractivity contribution in [1.82, 2.24) is 14.9 Å². The molecule has 0 saturated carbocycles. The predicted octanol–water partition coefficient (Wildman–Crippen LogP) is 4.10. The molecule has 3 aromatic rings. The minimum atomic E-state index is -0.483. The van der Waals surface area contributed by atoms with E-state index in [1.54, 1.807) is 7.11 Å². The van der Waals surface area contributed by atoms with Crippen molar-refractivity contribution in [3.05, 3.63) is 77.0 Å². The van der Waals surface area contributed by atoms with Gasteiger partial charge >= 0.3 is 0 Å². The second-order valence-corrected chi connectivity index (χ2v) is 10.1. The highest BCUT2D eigenvalue weighted by atomic mass is 16.5. The zero-order valence-corrected chi connectivity index (χ0v) is 22.6. The summed E-state index contributed by atoms with van der Waals surface area (Å²) in [5, 5.41) is 10.4. The van der Waals surface area contributed by atoms with E-state index >= 15 is 0 Å². The van der Waals surface area contributed by atoms with Gasteiger partial charge in [-0.25, -0.2) is 9.97 Å². The number of aryl methyl sites for hydroxylation is 1. The number of β-amino-alcohol motifs (C(OH)–C–C–N with tert-alkyl or cyclic N) is 1. The number of rotatable bonds is 11. The molecule has 0 amide bonds. The average molecular weight is 505 g/mol. The minimum Gasteiger partial charge on any atom is -0.389 e. The van der Waals surface area contributed by atoms with Crippen LogP contribution < -0.4 is 4.90 Å². The Kier molecular flexibility index (Phi) is 9.63. The molecular formula is C30H40N4O3. The highest BCUT2D eigenvalue weighted by Gasteiger charge is 2.25. The van der Waals surface area contributed by atoms with E-state index in [1.165, 1.54) is 11.1 Å². The Labute approximate surface area is 221 Å². The van der Waals surface area contributed by atoms with E-state index in [-0.39, 0.29) is 6.10 Å². The number of nitrogens with zero attached hydrogens (tertiary/aromatic N) is 4. The summed E-state index contributed by atoms with van der Waals surface area (Å²) < 4.78 is 11.2. The summed E-state index contributed by atoms with van der Waals surface area (Å²) in [5.41, 5.74) is 5.51. The molecule has 7 heteroatoms. The van der Waals surface area contributed by atoms with Gasteiger partial charge in [0.1, 0.15) is 5.82 Å². The number of hydrogen-bond donors (Lipinski definition) is 1. The molecule has 0 aliphatic carbocycles. The summed E-state index contributed by atoms with van der Waals surface area (Å²) in [5.74, 6) is 1.70. The van der Waals surface area contributed by atoms with Gasteiger partial charge in [0, 0.05) is 57.4 Å². The summed E-state index contributed by atoms with van der Waals surface area (Å²) in [4.78, 5) is 14.8. The molecule has 2 heterocycles. The largest absolute Gasteiger partial charge is 0.389 e. The molecule has 198 valence electrons. The Hall–Kier alpha value is -2.84. The Morgan fingerprint density at radius 1 is 0.946 bits per heavy atom. The van der Waals surface area contributed by atoms with E-state index in [0.29, 0.717) is 19.8 Å². The second kappa shape index (κ2) is 13.1.